The van der Waals surface area contributed by atoms with E-state index >= 15 is 0 Å². The van der Waals surface area contributed by atoms with E-state index in [4.69, 9.17) is 0 Å². The van der Waals surface area contributed by atoms with Crippen molar-refractivity contribution in [3.63, 3.8) is 0 Å². The first-order valence-electron chi connectivity index (χ1n) is 10.9. The van der Waals surface area contributed by atoms with Crippen LogP contribution in [0, 0.1) is 5.92 Å². The SMILES string of the molecule is CC(C)CNCC(=O)N(Cc1cccn1Cc1ccc(Br)cc1)C1CCCCC1. The molecule has 0 spiro atoms. The van der Waals surface area contributed by atoms with Crippen LogP contribution in [0.4, 0.5) is 0 Å². The summed E-state index contributed by atoms with van der Waals surface area (Å²) in [6.07, 6.45) is 8.14. The lowest BCUT2D eigenvalue weighted by atomic mass is 9.94. The fourth-order valence-electron chi connectivity index (χ4n) is 4.09. The molecule has 1 N–H and O–H groups in total. The molecule has 0 unspecified atom stereocenters. The van der Waals surface area contributed by atoms with Crippen LogP contribution in [-0.2, 0) is 17.9 Å². The van der Waals surface area contributed by atoms with Crippen LogP contribution in [0.25, 0.3) is 0 Å². The molecule has 1 aromatic heterocycles. The van der Waals surface area contributed by atoms with Crippen molar-refractivity contribution in [1.82, 2.24) is 14.8 Å². The van der Waals surface area contributed by atoms with Crippen molar-refractivity contribution in [2.45, 2.75) is 65.1 Å². The van der Waals surface area contributed by atoms with E-state index < -0.39 is 0 Å². The molecule has 0 saturated heterocycles. The molecule has 1 aliphatic carbocycles. The summed E-state index contributed by atoms with van der Waals surface area (Å²) < 4.78 is 3.37. The van der Waals surface area contributed by atoms with E-state index in [2.05, 4.69) is 87.2 Å². The largest absolute Gasteiger partial charge is 0.345 e. The summed E-state index contributed by atoms with van der Waals surface area (Å²) in [7, 11) is 0. The fraction of sp³-hybridized carbons (Fsp3) is 0.542. The molecule has 5 heteroatoms. The molecule has 1 aliphatic rings. The zero-order chi connectivity index (χ0) is 20.6. The summed E-state index contributed by atoms with van der Waals surface area (Å²) in [6.45, 7) is 7.17. The molecule has 29 heavy (non-hydrogen) atoms. The summed E-state index contributed by atoms with van der Waals surface area (Å²) in [5.74, 6) is 0.781. The highest BCUT2D eigenvalue weighted by atomic mass is 79.9. The Kier molecular flexibility index (Phi) is 8.37. The number of aromatic nitrogens is 1. The van der Waals surface area contributed by atoms with Crippen LogP contribution in [0.5, 0.6) is 0 Å². The summed E-state index contributed by atoms with van der Waals surface area (Å²) in [5.41, 5.74) is 2.47. The monoisotopic (exact) mass is 459 g/mol. The number of nitrogens with one attached hydrogen (secondary N) is 1. The van der Waals surface area contributed by atoms with E-state index in [0.29, 0.717) is 25.0 Å². The first-order valence-corrected chi connectivity index (χ1v) is 11.7. The maximum absolute atomic E-state index is 13.1. The number of rotatable bonds is 9. The third kappa shape index (κ3) is 6.71. The Bertz CT molecular complexity index is 763. The molecule has 1 aromatic carbocycles. The van der Waals surface area contributed by atoms with E-state index in [9.17, 15) is 4.79 Å². The van der Waals surface area contributed by atoms with E-state index in [-0.39, 0.29) is 5.91 Å². The van der Waals surface area contributed by atoms with Gasteiger partial charge in [0.15, 0.2) is 0 Å². The molecule has 1 amide bonds. The Labute approximate surface area is 183 Å². The Morgan fingerprint density at radius 3 is 2.59 bits per heavy atom. The highest BCUT2D eigenvalue weighted by Gasteiger charge is 2.26. The van der Waals surface area contributed by atoms with Gasteiger partial charge in [-0.05, 0) is 55.1 Å². The molecule has 0 bridgehead atoms. The Morgan fingerprint density at radius 2 is 1.90 bits per heavy atom. The molecular weight excluding hydrogens is 426 g/mol. The second-order valence-corrected chi connectivity index (χ2v) is 9.51. The molecule has 0 atom stereocenters. The topological polar surface area (TPSA) is 37.3 Å². The average molecular weight is 460 g/mol. The highest BCUT2D eigenvalue weighted by Crippen LogP contribution is 2.25. The van der Waals surface area contributed by atoms with Gasteiger partial charge in [-0.15, -0.1) is 0 Å². The lowest BCUT2D eigenvalue weighted by Gasteiger charge is -2.35. The molecule has 2 aromatic rings. The summed E-state index contributed by atoms with van der Waals surface area (Å²) in [6, 6.07) is 13.1. The van der Waals surface area contributed by atoms with Gasteiger partial charge in [0.2, 0.25) is 5.91 Å². The van der Waals surface area contributed by atoms with Gasteiger partial charge in [-0.2, -0.15) is 0 Å². The lowest BCUT2D eigenvalue weighted by Crippen LogP contribution is -2.45. The van der Waals surface area contributed by atoms with Gasteiger partial charge in [0.1, 0.15) is 0 Å². The van der Waals surface area contributed by atoms with Gasteiger partial charge in [0.25, 0.3) is 0 Å². The van der Waals surface area contributed by atoms with Crippen molar-refractivity contribution in [2.24, 2.45) is 5.92 Å². The number of halogens is 1. The van der Waals surface area contributed by atoms with Crippen molar-refractivity contribution >= 4 is 21.8 Å². The normalized spacial score (nSPS) is 15.0. The lowest BCUT2D eigenvalue weighted by molar-refractivity contribution is -0.134. The van der Waals surface area contributed by atoms with Gasteiger partial charge in [0.05, 0.1) is 13.1 Å². The smallest absolute Gasteiger partial charge is 0.237 e. The van der Waals surface area contributed by atoms with Crippen molar-refractivity contribution in [2.75, 3.05) is 13.1 Å². The molecule has 0 radical (unpaired) electrons. The summed E-state index contributed by atoms with van der Waals surface area (Å²) in [5, 5.41) is 3.34. The highest BCUT2D eigenvalue weighted by molar-refractivity contribution is 9.10. The number of hydrogen-bond donors (Lipinski definition) is 1. The Hall–Kier alpha value is -1.59. The van der Waals surface area contributed by atoms with Crippen molar-refractivity contribution in [1.29, 1.82) is 0 Å². The summed E-state index contributed by atoms with van der Waals surface area (Å²) >= 11 is 3.50. The molecular formula is C24H34BrN3O. The first-order chi connectivity index (χ1) is 14.0. The standard InChI is InChI=1S/C24H34BrN3O/c1-19(2)15-26-16-24(29)28(22-7-4-3-5-8-22)18-23-9-6-14-27(23)17-20-10-12-21(25)13-11-20/h6,9-14,19,22,26H,3-5,7-8,15-18H2,1-2H3. The molecule has 3 rings (SSSR count). The van der Waals surface area contributed by atoms with E-state index in [1.54, 1.807) is 0 Å². The number of hydrogen-bond acceptors (Lipinski definition) is 2. The molecule has 1 saturated carbocycles. The van der Waals surface area contributed by atoms with Crippen LogP contribution < -0.4 is 5.32 Å². The maximum Gasteiger partial charge on any atom is 0.237 e. The minimum Gasteiger partial charge on any atom is -0.345 e. The van der Waals surface area contributed by atoms with Gasteiger partial charge in [-0.1, -0.05) is 61.2 Å². The van der Waals surface area contributed by atoms with Crippen LogP contribution in [-0.4, -0.2) is 34.5 Å². The minimum absolute atomic E-state index is 0.231. The average Bonchev–Trinajstić information content (AvgIpc) is 3.15. The Morgan fingerprint density at radius 1 is 1.17 bits per heavy atom. The van der Waals surface area contributed by atoms with Gasteiger partial charge >= 0.3 is 0 Å². The van der Waals surface area contributed by atoms with Gasteiger partial charge in [-0.3, -0.25) is 4.79 Å². The second-order valence-electron chi connectivity index (χ2n) is 8.59. The van der Waals surface area contributed by atoms with Crippen LogP contribution in [0.3, 0.4) is 0 Å². The zero-order valence-corrected chi connectivity index (χ0v) is 19.3. The van der Waals surface area contributed by atoms with Gasteiger partial charge in [0, 0.05) is 29.0 Å². The Balaban J connectivity index is 1.70. The number of amides is 1. The predicted molar refractivity (Wildman–Crippen MR) is 123 cm³/mol. The number of benzene rings is 1. The van der Waals surface area contributed by atoms with Crippen LogP contribution in [0.15, 0.2) is 47.1 Å². The molecule has 1 heterocycles. The quantitative estimate of drug-likeness (QED) is 0.558. The maximum atomic E-state index is 13.1. The molecule has 4 nitrogen and oxygen atoms in total. The minimum atomic E-state index is 0.231. The fourth-order valence-corrected chi connectivity index (χ4v) is 4.36. The van der Waals surface area contributed by atoms with Crippen LogP contribution in [0.1, 0.15) is 57.2 Å². The zero-order valence-electron chi connectivity index (χ0n) is 17.7. The number of carbonyl (C=O) groups excluding carboxylic acids is 1. The molecule has 1 fully saturated rings. The third-order valence-corrected chi connectivity index (χ3v) is 6.22. The van der Waals surface area contributed by atoms with Gasteiger partial charge < -0.3 is 14.8 Å². The van der Waals surface area contributed by atoms with Crippen LogP contribution >= 0.6 is 15.9 Å². The van der Waals surface area contributed by atoms with E-state index in [1.807, 2.05) is 0 Å². The number of nitrogens with zero attached hydrogens (tertiary/aromatic N) is 2. The van der Waals surface area contributed by atoms with E-state index in [0.717, 1.165) is 30.4 Å². The third-order valence-electron chi connectivity index (χ3n) is 5.69. The summed E-state index contributed by atoms with van der Waals surface area (Å²) in [4.78, 5) is 15.2. The second kappa shape index (κ2) is 11.0. The van der Waals surface area contributed by atoms with Crippen molar-refractivity contribution < 1.29 is 4.79 Å². The first kappa shape index (κ1) is 22.1. The predicted octanol–water partition coefficient (Wildman–Crippen LogP) is 5.21. The van der Waals surface area contributed by atoms with Gasteiger partial charge in [-0.25, -0.2) is 0 Å². The molecule has 158 valence electrons. The van der Waals surface area contributed by atoms with E-state index in [1.165, 1.54) is 30.5 Å². The molecule has 0 aliphatic heterocycles. The van der Waals surface area contributed by atoms with Crippen LogP contribution in [0.2, 0.25) is 0 Å². The van der Waals surface area contributed by atoms with Crippen molar-refractivity contribution in [3.05, 3.63) is 58.3 Å². The van der Waals surface area contributed by atoms with Crippen molar-refractivity contribution in [3.8, 4) is 0 Å². The number of carbonyl (C=O) groups is 1.